The molecule has 0 aromatic heterocycles. The van der Waals surface area contributed by atoms with Gasteiger partial charge in [0.05, 0.1) is 7.11 Å². The van der Waals surface area contributed by atoms with Gasteiger partial charge in [0.25, 0.3) is 5.91 Å². The van der Waals surface area contributed by atoms with E-state index >= 15 is 0 Å². The number of hydrogen-bond donors (Lipinski definition) is 3. The number of esters is 1. The predicted octanol–water partition coefficient (Wildman–Crippen LogP) is 1.85. The van der Waals surface area contributed by atoms with Gasteiger partial charge in [0.15, 0.2) is 6.04 Å². The van der Waals surface area contributed by atoms with Crippen molar-refractivity contribution in [2.45, 2.75) is 31.0 Å². The highest BCUT2D eigenvalue weighted by atomic mass is 19.4. The molecule has 0 unspecified atom stereocenters. The number of ether oxygens (including phenoxy) is 2. The smallest absolute Gasteiger partial charge is 0.467 e. The van der Waals surface area contributed by atoms with Crippen LogP contribution in [0.3, 0.4) is 0 Å². The number of rotatable bonds is 8. The van der Waals surface area contributed by atoms with Crippen LogP contribution in [0, 0.1) is 0 Å². The SMILES string of the molecule is COC(=O)[C@@H](NC(=O)[C@@H](O)[C@H](N)Cc1ccccc1)c1cccc(OC(F)(F)F)c1. The van der Waals surface area contributed by atoms with Crippen LogP contribution in [0.15, 0.2) is 54.6 Å². The van der Waals surface area contributed by atoms with E-state index in [0.717, 1.165) is 24.8 Å². The lowest BCUT2D eigenvalue weighted by Gasteiger charge is -2.22. The summed E-state index contributed by atoms with van der Waals surface area (Å²) in [6.07, 6.45) is -6.41. The maximum Gasteiger partial charge on any atom is 0.573 e. The Morgan fingerprint density at radius 1 is 1.13 bits per heavy atom. The first-order valence-corrected chi connectivity index (χ1v) is 8.82. The molecule has 0 aliphatic carbocycles. The van der Waals surface area contributed by atoms with E-state index in [1.807, 2.05) is 0 Å². The van der Waals surface area contributed by atoms with E-state index in [0.29, 0.717) is 0 Å². The molecule has 0 radical (unpaired) electrons. The first-order chi connectivity index (χ1) is 14.1. The lowest BCUT2D eigenvalue weighted by atomic mass is 10.0. The van der Waals surface area contributed by atoms with Gasteiger partial charge in [-0.3, -0.25) is 4.79 Å². The molecule has 0 saturated carbocycles. The minimum absolute atomic E-state index is 0.0271. The topological polar surface area (TPSA) is 111 Å². The second-order valence-corrected chi connectivity index (χ2v) is 6.38. The van der Waals surface area contributed by atoms with Crippen molar-refractivity contribution in [3.05, 3.63) is 65.7 Å². The third-order valence-corrected chi connectivity index (χ3v) is 4.14. The highest BCUT2D eigenvalue weighted by molar-refractivity contribution is 5.88. The van der Waals surface area contributed by atoms with E-state index in [1.165, 1.54) is 12.1 Å². The molecule has 3 atom stereocenters. The van der Waals surface area contributed by atoms with Crippen LogP contribution >= 0.6 is 0 Å². The van der Waals surface area contributed by atoms with Crippen molar-refractivity contribution in [2.24, 2.45) is 5.73 Å². The van der Waals surface area contributed by atoms with Crippen molar-refractivity contribution >= 4 is 11.9 Å². The molecule has 0 spiro atoms. The molecule has 162 valence electrons. The first-order valence-electron chi connectivity index (χ1n) is 8.82. The first kappa shape index (κ1) is 23.2. The van der Waals surface area contributed by atoms with Gasteiger partial charge >= 0.3 is 12.3 Å². The zero-order valence-electron chi connectivity index (χ0n) is 15.9. The van der Waals surface area contributed by atoms with Crippen LogP contribution < -0.4 is 15.8 Å². The van der Waals surface area contributed by atoms with Crippen LogP contribution in [0.4, 0.5) is 13.2 Å². The molecule has 2 aromatic carbocycles. The number of hydrogen-bond acceptors (Lipinski definition) is 6. The Kier molecular flexibility index (Phi) is 7.79. The van der Waals surface area contributed by atoms with E-state index in [4.69, 9.17) is 5.73 Å². The summed E-state index contributed by atoms with van der Waals surface area (Å²) in [7, 11) is 1.05. The summed E-state index contributed by atoms with van der Waals surface area (Å²) in [4.78, 5) is 24.5. The molecule has 0 heterocycles. The van der Waals surface area contributed by atoms with E-state index < -0.39 is 42.2 Å². The highest BCUT2D eigenvalue weighted by Crippen LogP contribution is 2.26. The van der Waals surface area contributed by atoms with Crippen molar-refractivity contribution in [2.75, 3.05) is 7.11 Å². The Balaban J connectivity index is 2.15. The third-order valence-electron chi connectivity index (χ3n) is 4.14. The summed E-state index contributed by atoms with van der Waals surface area (Å²) in [6.45, 7) is 0. The number of nitrogens with one attached hydrogen (secondary N) is 1. The van der Waals surface area contributed by atoms with Gasteiger partial charge in [-0.25, -0.2) is 4.79 Å². The lowest BCUT2D eigenvalue weighted by molar-refractivity contribution is -0.274. The molecule has 0 aliphatic heterocycles. The van der Waals surface area contributed by atoms with Gasteiger partial charge in [0, 0.05) is 6.04 Å². The van der Waals surface area contributed by atoms with Crippen molar-refractivity contribution in [3.63, 3.8) is 0 Å². The van der Waals surface area contributed by atoms with Gasteiger partial charge in [-0.1, -0.05) is 42.5 Å². The van der Waals surface area contributed by atoms with Crippen LogP contribution in [-0.2, 0) is 20.7 Å². The van der Waals surface area contributed by atoms with E-state index in [1.54, 1.807) is 30.3 Å². The van der Waals surface area contributed by atoms with Crippen molar-refractivity contribution < 1.29 is 37.3 Å². The van der Waals surface area contributed by atoms with Crippen molar-refractivity contribution in [1.82, 2.24) is 5.32 Å². The van der Waals surface area contributed by atoms with E-state index in [2.05, 4.69) is 14.8 Å². The van der Waals surface area contributed by atoms with Gasteiger partial charge in [-0.2, -0.15) is 0 Å². The molecular formula is C20H21F3N2O5. The van der Waals surface area contributed by atoms with Crippen molar-refractivity contribution in [1.29, 1.82) is 0 Å². The normalized spacial score (nSPS) is 14.3. The molecule has 30 heavy (non-hydrogen) atoms. The number of alkyl halides is 3. The average Bonchev–Trinajstić information content (AvgIpc) is 2.70. The number of carbonyl (C=O) groups excluding carboxylic acids is 2. The van der Waals surface area contributed by atoms with Crippen LogP contribution in [0.25, 0.3) is 0 Å². The predicted molar refractivity (Wildman–Crippen MR) is 100 cm³/mol. The Hall–Kier alpha value is -3.11. The fraction of sp³-hybridized carbons (Fsp3) is 0.300. The molecule has 4 N–H and O–H groups in total. The lowest BCUT2D eigenvalue weighted by Crippen LogP contribution is -2.49. The monoisotopic (exact) mass is 426 g/mol. The van der Waals surface area contributed by atoms with Gasteiger partial charge in [-0.05, 0) is 29.7 Å². The number of carbonyl (C=O) groups is 2. The number of amides is 1. The van der Waals surface area contributed by atoms with Crippen LogP contribution in [0.2, 0.25) is 0 Å². The summed E-state index contributed by atoms with van der Waals surface area (Å²) in [6, 6.07) is 10.9. The zero-order valence-corrected chi connectivity index (χ0v) is 15.9. The van der Waals surface area contributed by atoms with Crippen LogP contribution in [0.5, 0.6) is 5.75 Å². The molecule has 0 saturated heterocycles. The molecule has 0 bridgehead atoms. The number of nitrogens with two attached hydrogens (primary N) is 1. The fourth-order valence-corrected chi connectivity index (χ4v) is 2.71. The summed E-state index contributed by atoms with van der Waals surface area (Å²) in [5, 5.41) is 12.5. The van der Waals surface area contributed by atoms with Crippen LogP contribution in [0.1, 0.15) is 17.2 Å². The van der Waals surface area contributed by atoms with Gasteiger partial charge in [-0.15, -0.1) is 13.2 Å². The number of halogens is 3. The molecule has 1 amide bonds. The number of methoxy groups -OCH3 is 1. The average molecular weight is 426 g/mol. The van der Waals surface area contributed by atoms with Gasteiger partial charge in [0.2, 0.25) is 0 Å². The zero-order chi connectivity index (χ0) is 22.3. The maximum absolute atomic E-state index is 12.5. The second-order valence-electron chi connectivity index (χ2n) is 6.38. The molecule has 2 aromatic rings. The minimum Gasteiger partial charge on any atom is -0.467 e. The Bertz CT molecular complexity index is 861. The number of benzene rings is 2. The van der Waals surface area contributed by atoms with E-state index in [9.17, 15) is 27.9 Å². The molecule has 0 fully saturated rings. The van der Waals surface area contributed by atoms with E-state index in [-0.39, 0.29) is 12.0 Å². The largest absolute Gasteiger partial charge is 0.573 e. The van der Waals surface area contributed by atoms with Crippen molar-refractivity contribution in [3.8, 4) is 5.75 Å². The van der Waals surface area contributed by atoms with Crippen LogP contribution in [-0.4, -0.2) is 42.6 Å². The summed E-state index contributed by atoms with van der Waals surface area (Å²) < 4.78 is 45.8. The molecule has 2 rings (SSSR count). The Labute approximate surface area is 170 Å². The molecule has 7 nitrogen and oxygen atoms in total. The third kappa shape index (κ3) is 6.75. The minimum atomic E-state index is -4.93. The standard InChI is InChI=1S/C20H21F3N2O5/c1-29-19(28)16(13-8-5-9-14(11-13)30-20(21,22)23)25-18(27)17(26)15(24)10-12-6-3-2-4-7-12/h2-9,11,15-17,26H,10,24H2,1H3,(H,25,27)/t15-,16+,17+/m1/s1. The summed E-state index contributed by atoms with van der Waals surface area (Å²) in [5.74, 6) is -2.50. The quantitative estimate of drug-likeness (QED) is 0.556. The summed E-state index contributed by atoms with van der Waals surface area (Å²) in [5.41, 5.74) is 6.66. The van der Waals surface area contributed by atoms with Gasteiger partial charge in [0.1, 0.15) is 11.9 Å². The second kappa shape index (κ2) is 10.1. The molecule has 0 aliphatic rings. The Morgan fingerprint density at radius 2 is 1.80 bits per heavy atom. The van der Waals surface area contributed by atoms with Gasteiger partial charge < -0.3 is 25.6 Å². The molecular weight excluding hydrogens is 405 g/mol. The summed E-state index contributed by atoms with van der Waals surface area (Å²) >= 11 is 0. The highest BCUT2D eigenvalue weighted by Gasteiger charge is 2.33. The Morgan fingerprint density at radius 3 is 2.40 bits per heavy atom. The maximum atomic E-state index is 12.5. The molecule has 10 heteroatoms. The fourth-order valence-electron chi connectivity index (χ4n) is 2.71. The number of aliphatic hydroxyl groups is 1. The number of aliphatic hydroxyl groups excluding tert-OH is 1.